The molecule has 12 heavy (non-hydrogen) atoms. The topological polar surface area (TPSA) is 26.0 Å². The lowest BCUT2D eigenvalue weighted by atomic mass is 10.1. The van der Waals surface area contributed by atoms with Crippen LogP contribution in [0.4, 0.5) is 0 Å². The van der Waals surface area contributed by atoms with Crippen molar-refractivity contribution >= 4 is 0 Å². The highest BCUT2D eigenvalue weighted by Gasteiger charge is 1.92. The minimum absolute atomic E-state index is 0.774. The Labute approximate surface area is 75.0 Å². The van der Waals surface area contributed by atoms with Crippen LogP contribution in [0.3, 0.4) is 0 Å². The Hall–Kier alpha value is -1.24. The lowest BCUT2D eigenvalue weighted by molar-refractivity contribution is 1.24. The standard InChI is InChI=1S/C11H17N/c1-5-6-7-8-10(4)11(12)9(2)3/h5-8H,2,12H2,1,3-4H3/b6-5-,8-7-,11-10-. The van der Waals surface area contributed by atoms with Crippen LogP contribution >= 0.6 is 0 Å². The summed E-state index contributed by atoms with van der Waals surface area (Å²) in [4.78, 5) is 0. The second-order valence-electron chi connectivity index (χ2n) is 2.76. The van der Waals surface area contributed by atoms with E-state index in [1.165, 1.54) is 0 Å². The maximum absolute atomic E-state index is 5.75. The highest BCUT2D eigenvalue weighted by Crippen LogP contribution is 2.07. The van der Waals surface area contributed by atoms with Gasteiger partial charge in [0.2, 0.25) is 0 Å². The molecule has 0 aromatic heterocycles. The Balaban J connectivity index is 4.47. The molecular formula is C11H17N. The molecule has 0 heterocycles. The van der Waals surface area contributed by atoms with E-state index in [1.54, 1.807) is 0 Å². The van der Waals surface area contributed by atoms with Crippen LogP contribution in [-0.4, -0.2) is 0 Å². The first-order valence-corrected chi connectivity index (χ1v) is 4.01. The Morgan fingerprint density at radius 3 is 2.25 bits per heavy atom. The Morgan fingerprint density at radius 1 is 1.25 bits per heavy atom. The van der Waals surface area contributed by atoms with Crippen LogP contribution in [0.2, 0.25) is 0 Å². The first kappa shape index (κ1) is 10.8. The third-order valence-electron chi connectivity index (χ3n) is 1.53. The normalized spacial score (nSPS) is 13.9. The summed E-state index contributed by atoms with van der Waals surface area (Å²) in [5, 5.41) is 0. The number of allylic oxidation sites excluding steroid dienone is 6. The van der Waals surface area contributed by atoms with Crippen LogP contribution < -0.4 is 5.73 Å². The zero-order valence-electron chi connectivity index (χ0n) is 8.09. The smallest absolute Gasteiger partial charge is 0.0367 e. The summed E-state index contributed by atoms with van der Waals surface area (Å²) in [5.74, 6) is 0. The summed E-state index contributed by atoms with van der Waals surface area (Å²) in [6.45, 7) is 9.63. The second kappa shape index (κ2) is 5.42. The lowest BCUT2D eigenvalue weighted by Gasteiger charge is -2.01. The highest BCUT2D eigenvalue weighted by atomic mass is 14.6. The van der Waals surface area contributed by atoms with Gasteiger partial charge in [0.05, 0.1) is 0 Å². The van der Waals surface area contributed by atoms with Gasteiger partial charge in [-0.15, -0.1) is 0 Å². The zero-order valence-corrected chi connectivity index (χ0v) is 8.09. The van der Waals surface area contributed by atoms with Gasteiger partial charge in [-0.1, -0.05) is 30.9 Å². The van der Waals surface area contributed by atoms with Crippen LogP contribution in [0.15, 0.2) is 47.7 Å². The van der Waals surface area contributed by atoms with Crippen molar-refractivity contribution in [3.05, 3.63) is 47.7 Å². The SMILES string of the molecule is C=C(C)/C(N)=C(C)/C=C\C=C/C. The molecule has 0 aromatic rings. The summed E-state index contributed by atoms with van der Waals surface area (Å²) in [6.07, 6.45) is 7.88. The third kappa shape index (κ3) is 3.81. The molecule has 0 atom stereocenters. The molecule has 0 aromatic carbocycles. The average Bonchev–Trinajstić information content (AvgIpc) is 2.03. The van der Waals surface area contributed by atoms with E-state index in [4.69, 9.17) is 5.73 Å². The van der Waals surface area contributed by atoms with Gasteiger partial charge in [0.1, 0.15) is 0 Å². The van der Waals surface area contributed by atoms with Gasteiger partial charge in [0, 0.05) is 5.70 Å². The molecule has 0 bridgehead atoms. The third-order valence-corrected chi connectivity index (χ3v) is 1.53. The van der Waals surface area contributed by atoms with Gasteiger partial charge in [-0.2, -0.15) is 0 Å². The van der Waals surface area contributed by atoms with E-state index in [0.29, 0.717) is 0 Å². The van der Waals surface area contributed by atoms with Crippen LogP contribution in [0.1, 0.15) is 20.8 Å². The number of hydrogen-bond donors (Lipinski definition) is 1. The molecule has 0 spiro atoms. The molecule has 0 fully saturated rings. The minimum Gasteiger partial charge on any atom is -0.398 e. The predicted molar refractivity (Wildman–Crippen MR) is 55.7 cm³/mol. The van der Waals surface area contributed by atoms with E-state index < -0.39 is 0 Å². The van der Waals surface area contributed by atoms with Crippen LogP contribution in [0.25, 0.3) is 0 Å². The molecule has 0 unspecified atom stereocenters. The second-order valence-corrected chi connectivity index (χ2v) is 2.76. The fraction of sp³-hybridized carbons (Fsp3) is 0.273. The highest BCUT2D eigenvalue weighted by molar-refractivity contribution is 5.34. The monoisotopic (exact) mass is 163 g/mol. The van der Waals surface area contributed by atoms with Gasteiger partial charge in [-0.25, -0.2) is 0 Å². The fourth-order valence-corrected chi connectivity index (χ4v) is 0.737. The molecule has 0 saturated carbocycles. The van der Waals surface area contributed by atoms with Crippen molar-refractivity contribution in [1.29, 1.82) is 0 Å². The lowest BCUT2D eigenvalue weighted by Crippen LogP contribution is -1.99. The molecule has 66 valence electrons. The van der Waals surface area contributed by atoms with E-state index in [1.807, 2.05) is 45.1 Å². The molecule has 0 amide bonds. The fourth-order valence-electron chi connectivity index (χ4n) is 0.737. The first-order chi connectivity index (χ1) is 5.59. The van der Waals surface area contributed by atoms with E-state index >= 15 is 0 Å². The van der Waals surface area contributed by atoms with Gasteiger partial charge >= 0.3 is 0 Å². The molecule has 1 heteroatoms. The van der Waals surface area contributed by atoms with Crippen molar-refractivity contribution in [2.45, 2.75) is 20.8 Å². The largest absolute Gasteiger partial charge is 0.398 e. The quantitative estimate of drug-likeness (QED) is 0.636. The van der Waals surface area contributed by atoms with E-state index in [2.05, 4.69) is 6.58 Å². The van der Waals surface area contributed by atoms with Gasteiger partial charge < -0.3 is 5.73 Å². The number of nitrogens with two attached hydrogens (primary N) is 1. The van der Waals surface area contributed by atoms with Gasteiger partial charge in [0.25, 0.3) is 0 Å². The Morgan fingerprint density at radius 2 is 1.83 bits per heavy atom. The van der Waals surface area contributed by atoms with Crippen molar-refractivity contribution in [3.8, 4) is 0 Å². The molecule has 0 rings (SSSR count). The van der Waals surface area contributed by atoms with E-state index in [9.17, 15) is 0 Å². The maximum Gasteiger partial charge on any atom is 0.0367 e. The number of rotatable bonds is 3. The molecule has 0 aliphatic heterocycles. The van der Waals surface area contributed by atoms with Crippen molar-refractivity contribution in [3.63, 3.8) is 0 Å². The van der Waals surface area contributed by atoms with Crippen LogP contribution in [-0.2, 0) is 0 Å². The van der Waals surface area contributed by atoms with Gasteiger partial charge in [-0.05, 0) is 31.9 Å². The Kier molecular flexibility index (Phi) is 4.86. The Bertz CT molecular complexity index is 242. The van der Waals surface area contributed by atoms with Crippen LogP contribution in [0, 0.1) is 0 Å². The first-order valence-electron chi connectivity index (χ1n) is 4.01. The number of hydrogen-bond acceptors (Lipinski definition) is 1. The summed E-state index contributed by atoms with van der Waals surface area (Å²) in [6, 6.07) is 0. The molecule has 0 radical (unpaired) electrons. The molecule has 0 aliphatic carbocycles. The minimum atomic E-state index is 0.774. The average molecular weight is 163 g/mol. The summed E-state index contributed by atoms with van der Waals surface area (Å²) < 4.78 is 0. The van der Waals surface area contributed by atoms with Crippen molar-refractivity contribution < 1.29 is 0 Å². The van der Waals surface area contributed by atoms with Gasteiger partial charge in [-0.3, -0.25) is 0 Å². The van der Waals surface area contributed by atoms with Crippen molar-refractivity contribution in [2.24, 2.45) is 5.73 Å². The molecule has 0 aliphatic rings. The molecular weight excluding hydrogens is 146 g/mol. The molecule has 1 nitrogen and oxygen atoms in total. The summed E-state index contributed by atoms with van der Waals surface area (Å²) >= 11 is 0. The van der Waals surface area contributed by atoms with Crippen molar-refractivity contribution in [1.82, 2.24) is 0 Å². The summed E-state index contributed by atoms with van der Waals surface area (Å²) in [5.41, 5.74) is 8.49. The van der Waals surface area contributed by atoms with Crippen molar-refractivity contribution in [2.75, 3.05) is 0 Å². The zero-order chi connectivity index (χ0) is 9.56. The van der Waals surface area contributed by atoms with Crippen LogP contribution in [0.5, 0.6) is 0 Å². The van der Waals surface area contributed by atoms with E-state index in [0.717, 1.165) is 16.8 Å². The predicted octanol–water partition coefficient (Wildman–Crippen LogP) is 2.93. The van der Waals surface area contributed by atoms with Gasteiger partial charge in [0.15, 0.2) is 0 Å². The summed E-state index contributed by atoms with van der Waals surface area (Å²) in [7, 11) is 0. The maximum atomic E-state index is 5.75. The van der Waals surface area contributed by atoms with E-state index in [-0.39, 0.29) is 0 Å². The molecule has 2 N–H and O–H groups in total. The molecule has 0 saturated heterocycles.